The fraction of sp³-hybridized carbons (Fsp3) is 0.783. The molecule has 12 unspecified atom stereocenters. The Morgan fingerprint density at radius 1 is 0.446 bits per heavy atom. The van der Waals surface area contributed by atoms with Gasteiger partial charge in [-0.15, -0.1) is 0 Å². The maximum atomic E-state index is 13.3. The van der Waals surface area contributed by atoms with E-state index in [4.69, 9.17) is 18.9 Å². The van der Waals surface area contributed by atoms with Crippen LogP contribution in [0, 0.1) is 0 Å². The number of ether oxygens (including phenoxy) is 4. The Labute approximate surface area is 503 Å². The molecular formula is C69H121NO13. The third-order valence-corrected chi connectivity index (χ3v) is 15.8. The van der Waals surface area contributed by atoms with Gasteiger partial charge in [0.15, 0.2) is 12.6 Å². The molecule has 14 nitrogen and oxygen atoms in total. The molecule has 1 amide bonds. The molecule has 0 aromatic heterocycles. The quantitative estimate of drug-likeness (QED) is 0.0204. The number of nitrogens with one attached hydrogen (secondary N) is 1. The second kappa shape index (κ2) is 53.4. The summed E-state index contributed by atoms with van der Waals surface area (Å²) in [5.74, 6) is -0.269. The van der Waals surface area contributed by atoms with Gasteiger partial charge in [0, 0.05) is 6.42 Å². The summed E-state index contributed by atoms with van der Waals surface area (Å²) in [6.45, 7) is 2.67. The molecule has 12 atom stereocenters. The zero-order chi connectivity index (χ0) is 60.2. The average Bonchev–Trinajstić information content (AvgIpc) is 3.59. The molecule has 0 radical (unpaired) electrons. The van der Waals surface area contributed by atoms with Gasteiger partial charge >= 0.3 is 0 Å². The van der Waals surface area contributed by atoms with E-state index in [0.717, 1.165) is 77.0 Å². The zero-order valence-corrected chi connectivity index (χ0v) is 51.9. The standard InChI is InChI=1S/C69H121NO13/c1-3-5-7-9-11-13-15-17-19-21-23-25-26-27-28-29-30-31-33-34-36-38-40-42-44-46-48-50-52-58(73)57(56-80-68-66(79)64(77)67(60(55-72)82-68)83-69-65(78)63(76)62(75)59(54-71)81-69)70-61(74)53-51-49-47-45-43-41-39-37-35-32-24-22-20-18-16-14-12-10-8-6-4-2/h6,8,12,14,18,20,24,32,37,39,42,44,50,52,57-60,62-69,71-73,75-79H,3-5,7,9-11,13,15-17,19,21-23,25-31,33-36,38,40-41,43,45-49,51,53-56H2,1-2H3,(H,70,74)/b8-6-,14-12-,20-18-,32-24-,39-37-,44-42+,52-50+. The number of amides is 1. The topological polar surface area (TPSA) is 228 Å². The molecule has 480 valence electrons. The van der Waals surface area contributed by atoms with Crippen molar-refractivity contribution in [1.29, 1.82) is 0 Å². The number of carbonyl (C=O) groups is 1. The molecule has 2 aliphatic heterocycles. The summed E-state index contributed by atoms with van der Waals surface area (Å²) in [6.07, 6.45) is 56.3. The van der Waals surface area contributed by atoms with Crippen LogP contribution < -0.4 is 5.32 Å². The SMILES string of the molecule is CC/C=C\C/C=C\C/C=C\C/C=C\C/C=C\CCCCCCCC(=O)NC(COC1OC(CO)C(OC2OC(CO)C(O)C(O)C2O)C(O)C1O)C(O)/C=C/CC/C=C/CCCCCCCCCCCCCCCCCCCCCCCC. The van der Waals surface area contributed by atoms with Gasteiger partial charge in [0.1, 0.15) is 48.8 Å². The van der Waals surface area contributed by atoms with Crippen molar-refractivity contribution < 1.29 is 64.6 Å². The monoisotopic (exact) mass is 1170 g/mol. The van der Waals surface area contributed by atoms with Gasteiger partial charge in [-0.3, -0.25) is 4.79 Å². The van der Waals surface area contributed by atoms with Crippen molar-refractivity contribution in [2.75, 3.05) is 19.8 Å². The van der Waals surface area contributed by atoms with Crippen LogP contribution in [0.3, 0.4) is 0 Å². The Hall–Kier alpha value is -2.83. The first-order valence-electron chi connectivity index (χ1n) is 33.3. The van der Waals surface area contributed by atoms with Crippen molar-refractivity contribution in [3.8, 4) is 0 Å². The molecule has 2 aliphatic rings. The Morgan fingerprint density at radius 2 is 0.843 bits per heavy atom. The highest BCUT2D eigenvalue weighted by molar-refractivity contribution is 5.76. The Morgan fingerprint density at radius 3 is 1.33 bits per heavy atom. The number of aliphatic hydroxyl groups is 8. The number of hydrogen-bond acceptors (Lipinski definition) is 13. The number of hydrogen-bond donors (Lipinski definition) is 9. The number of carbonyl (C=O) groups excluding carboxylic acids is 1. The molecule has 0 aliphatic carbocycles. The summed E-state index contributed by atoms with van der Waals surface area (Å²) in [7, 11) is 0. The minimum Gasteiger partial charge on any atom is -0.394 e. The molecule has 0 bridgehead atoms. The van der Waals surface area contributed by atoms with Crippen LogP contribution in [0.15, 0.2) is 85.1 Å². The molecule has 2 fully saturated rings. The van der Waals surface area contributed by atoms with E-state index in [-0.39, 0.29) is 18.9 Å². The highest BCUT2D eigenvalue weighted by Gasteiger charge is 2.51. The fourth-order valence-corrected chi connectivity index (χ4v) is 10.5. The molecule has 0 saturated carbocycles. The van der Waals surface area contributed by atoms with E-state index in [2.05, 4.69) is 92.1 Å². The lowest BCUT2D eigenvalue weighted by atomic mass is 9.97. The van der Waals surface area contributed by atoms with E-state index < -0.39 is 86.8 Å². The van der Waals surface area contributed by atoms with Crippen molar-refractivity contribution in [1.82, 2.24) is 5.32 Å². The third kappa shape index (κ3) is 38.1. The summed E-state index contributed by atoms with van der Waals surface area (Å²) >= 11 is 0. The molecule has 14 heteroatoms. The Bertz CT molecular complexity index is 1710. The van der Waals surface area contributed by atoms with Crippen LogP contribution >= 0.6 is 0 Å². The van der Waals surface area contributed by atoms with Gasteiger partial charge in [0.25, 0.3) is 0 Å². The smallest absolute Gasteiger partial charge is 0.220 e. The van der Waals surface area contributed by atoms with Crippen LogP contribution in [0.1, 0.15) is 251 Å². The predicted molar refractivity (Wildman–Crippen MR) is 336 cm³/mol. The van der Waals surface area contributed by atoms with Crippen molar-refractivity contribution >= 4 is 5.91 Å². The first kappa shape index (κ1) is 76.3. The van der Waals surface area contributed by atoms with Crippen LogP contribution in [-0.4, -0.2) is 140 Å². The van der Waals surface area contributed by atoms with E-state index in [0.29, 0.717) is 12.8 Å². The van der Waals surface area contributed by atoms with Gasteiger partial charge in [-0.25, -0.2) is 0 Å². The highest BCUT2D eigenvalue weighted by Crippen LogP contribution is 2.30. The first-order valence-corrected chi connectivity index (χ1v) is 33.3. The lowest BCUT2D eigenvalue weighted by Gasteiger charge is -2.46. The minimum atomic E-state index is -1.80. The van der Waals surface area contributed by atoms with E-state index in [1.807, 2.05) is 6.08 Å². The number of allylic oxidation sites excluding steroid dienone is 13. The predicted octanol–water partition coefficient (Wildman–Crippen LogP) is 12.8. The van der Waals surface area contributed by atoms with E-state index in [9.17, 15) is 45.6 Å². The summed E-state index contributed by atoms with van der Waals surface area (Å²) in [6, 6.07) is -0.949. The van der Waals surface area contributed by atoms with Gasteiger partial charge < -0.3 is 65.1 Å². The number of rotatable bonds is 53. The number of aliphatic hydroxyl groups excluding tert-OH is 8. The molecule has 0 aromatic carbocycles. The average molecular weight is 1170 g/mol. The van der Waals surface area contributed by atoms with Crippen molar-refractivity contribution in [3.05, 3.63) is 85.1 Å². The van der Waals surface area contributed by atoms with Gasteiger partial charge in [-0.05, 0) is 77.0 Å². The van der Waals surface area contributed by atoms with E-state index in [1.165, 1.54) is 141 Å². The van der Waals surface area contributed by atoms with Gasteiger partial charge in [-0.1, -0.05) is 253 Å². The summed E-state index contributed by atoms with van der Waals surface area (Å²) in [5, 5.41) is 87.3. The van der Waals surface area contributed by atoms with Crippen molar-refractivity contribution in [3.63, 3.8) is 0 Å². The first-order chi connectivity index (χ1) is 40.6. The van der Waals surface area contributed by atoms with E-state index in [1.54, 1.807) is 6.08 Å². The lowest BCUT2D eigenvalue weighted by Crippen LogP contribution is -2.65. The summed E-state index contributed by atoms with van der Waals surface area (Å²) < 4.78 is 22.8. The molecule has 2 heterocycles. The van der Waals surface area contributed by atoms with Gasteiger partial charge in [0.2, 0.25) is 5.91 Å². The maximum absolute atomic E-state index is 13.3. The molecule has 0 aromatic rings. The normalized spacial score (nSPS) is 24.4. The highest BCUT2D eigenvalue weighted by atomic mass is 16.7. The van der Waals surface area contributed by atoms with Gasteiger partial charge in [-0.2, -0.15) is 0 Å². The summed E-state index contributed by atoms with van der Waals surface area (Å²) in [4.78, 5) is 13.3. The van der Waals surface area contributed by atoms with Crippen LogP contribution in [0.25, 0.3) is 0 Å². The molecular weight excluding hydrogens is 1050 g/mol. The second-order valence-corrected chi connectivity index (χ2v) is 23.2. The van der Waals surface area contributed by atoms with E-state index >= 15 is 0 Å². The van der Waals surface area contributed by atoms with Crippen molar-refractivity contribution in [2.24, 2.45) is 0 Å². The lowest BCUT2D eigenvalue weighted by molar-refractivity contribution is -0.359. The Kier molecular flexibility index (Phi) is 49.1. The molecule has 83 heavy (non-hydrogen) atoms. The minimum absolute atomic E-state index is 0.247. The van der Waals surface area contributed by atoms with Crippen LogP contribution in [0.5, 0.6) is 0 Å². The molecule has 2 rings (SSSR count). The Balaban J connectivity index is 1.74. The number of unbranched alkanes of at least 4 members (excludes halogenated alkanes) is 28. The second-order valence-electron chi connectivity index (χ2n) is 23.2. The summed E-state index contributed by atoms with van der Waals surface area (Å²) in [5.41, 5.74) is 0. The van der Waals surface area contributed by atoms with Gasteiger partial charge in [0.05, 0.1) is 32.0 Å². The van der Waals surface area contributed by atoms with Crippen LogP contribution in [-0.2, 0) is 23.7 Å². The molecule has 9 N–H and O–H groups in total. The zero-order valence-electron chi connectivity index (χ0n) is 51.9. The molecule has 0 spiro atoms. The fourth-order valence-electron chi connectivity index (χ4n) is 10.5. The van der Waals surface area contributed by atoms with Crippen LogP contribution in [0.2, 0.25) is 0 Å². The van der Waals surface area contributed by atoms with Crippen LogP contribution in [0.4, 0.5) is 0 Å². The van der Waals surface area contributed by atoms with Crippen molar-refractivity contribution in [2.45, 2.75) is 325 Å². The largest absolute Gasteiger partial charge is 0.394 e. The molecule has 2 saturated heterocycles. The maximum Gasteiger partial charge on any atom is 0.220 e. The third-order valence-electron chi connectivity index (χ3n) is 15.8.